The average molecular weight is 324 g/mol. The number of nitrogens with one attached hydrogen (secondary N) is 1. The van der Waals surface area contributed by atoms with E-state index in [4.69, 9.17) is 4.74 Å². The van der Waals surface area contributed by atoms with Gasteiger partial charge in [-0.3, -0.25) is 14.5 Å². The minimum atomic E-state index is -0.348. The second-order valence-electron chi connectivity index (χ2n) is 6.63. The van der Waals surface area contributed by atoms with Crippen molar-refractivity contribution in [2.45, 2.75) is 31.9 Å². The van der Waals surface area contributed by atoms with Crippen molar-refractivity contribution >= 4 is 11.8 Å². The van der Waals surface area contributed by atoms with Gasteiger partial charge in [0, 0.05) is 52.4 Å². The number of carbonyl (C=O) groups excluding carboxylic acids is 2. The summed E-state index contributed by atoms with van der Waals surface area (Å²) >= 11 is 0. The molecular weight excluding hydrogens is 296 g/mol. The molecule has 0 saturated carbocycles. The summed E-state index contributed by atoms with van der Waals surface area (Å²) < 4.78 is 5.54. The summed E-state index contributed by atoms with van der Waals surface area (Å²) in [5, 5.41) is 3.19. The molecule has 2 atom stereocenters. The van der Waals surface area contributed by atoms with Gasteiger partial charge in [-0.2, -0.15) is 0 Å². The SMILES string of the molecule is CC(C(=O)N1CCCC1)N1CCN(C(=O)C2CNCCO2)CC1. The van der Waals surface area contributed by atoms with Gasteiger partial charge in [0.1, 0.15) is 6.10 Å². The fraction of sp³-hybridized carbons (Fsp3) is 0.875. The van der Waals surface area contributed by atoms with E-state index < -0.39 is 0 Å². The maximum Gasteiger partial charge on any atom is 0.253 e. The van der Waals surface area contributed by atoms with E-state index in [1.807, 2.05) is 16.7 Å². The predicted octanol–water partition coefficient (Wildman–Crippen LogP) is -0.870. The van der Waals surface area contributed by atoms with Crippen molar-refractivity contribution in [2.24, 2.45) is 0 Å². The minimum Gasteiger partial charge on any atom is -0.366 e. The molecule has 130 valence electrons. The van der Waals surface area contributed by atoms with Gasteiger partial charge in [0.15, 0.2) is 0 Å². The first kappa shape index (κ1) is 16.7. The van der Waals surface area contributed by atoms with Gasteiger partial charge in [-0.25, -0.2) is 0 Å². The van der Waals surface area contributed by atoms with Crippen LogP contribution in [0.15, 0.2) is 0 Å². The number of amides is 2. The van der Waals surface area contributed by atoms with E-state index in [9.17, 15) is 9.59 Å². The molecule has 3 heterocycles. The van der Waals surface area contributed by atoms with E-state index >= 15 is 0 Å². The van der Waals surface area contributed by atoms with Crippen LogP contribution in [0, 0.1) is 0 Å². The van der Waals surface area contributed by atoms with E-state index in [0.29, 0.717) is 26.2 Å². The number of morpholine rings is 1. The Morgan fingerprint density at radius 2 is 1.74 bits per heavy atom. The Bertz CT molecular complexity index is 425. The second-order valence-corrected chi connectivity index (χ2v) is 6.63. The monoisotopic (exact) mass is 324 g/mol. The first-order chi connectivity index (χ1) is 11.2. The summed E-state index contributed by atoms with van der Waals surface area (Å²) in [7, 11) is 0. The Morgan fingerprint density at radius 3 is 2.35 bits per heavy atom. The predicted molar refractivity (Wildman–Crippen MR) is 86.0 cm³/mol. The molecule has 0 spiro atoms. The number of ether oxygens (including phenoxy) is 1. The lowest BCUT2D eigenvalue weighted by Crippen LogP contribution is -2.58. The molecule has 3 aliphatic rings. The van der Waals surface area contributed by atoms with Gasteiger partial charge in [-0.05, 0) is 19.8 Å². The van der Waals surface area contributed by atoms with Crippen molar-refractivity contribution in [3.05, 3.63) is 0 Å². The Morgan fingerprint density at radius 1 is 1.04 bits per heavy atom. The van der Waals surface area contributed by atoms with E-state index in [-0.39, 0.29) is 24.0 Å². The minimum absolute atomic E-state index is 0.0790. The third-order valence-electron chi connectivity index (χ3n) is 5.15. The van der Waals surface area contributed by atoms with E-state index in [1.165, 1.54) is 0 Å². The number of rotatable bonds is 3. The number of hydrogen-bond acceptors (Lipinski definition) is 5. The molecule has 0 aromatic heterocycles. The Kier molecular flexibility index (Phi) is 5.50. The van der Waals surface area contributed by atoms with E-state index in [1.54, 1.807) is 0 Å². The second kappa shape index (κ2) is 7.59. The highest BCUT2D eigenvalue weighted by Gasteiger charge is 2.33. The van der Waals surface area contributed by atoms with Crippen LogP contribution in [0.2, 0.25) is 0 Å². The third kappa shape index (κ3) is 3.84. The van der Waals surface area contributed by atoms with Gasteiger partial charge in [0.25, 0.3) is 5.91 Å². The zero-order valence-electron chi connectivity index (χ0n) is 14.0. The van der Waals surface area contributed by atoms with Crippen LogP contribution in [0.5, 0.6) is 0 Å². The maximum absolute atomic E-state index is 12.5. The molecule has 7 nitrogen and oxygen atoms in total. The molecule has 0 aromatic carbocycles. The molecule has 7 heteroatoms. The lowest BCUT2D eigenvalue weighted by molar-refractivity contribution is -0.148. The summed E-state index contributed by atoms with van der Waals surface area (Å²) in [6, 6.07) is -0.0852. The van der Waals surface area contributed by atoms with E-state index in [2.05, 4.69) is 10.2 Å². The first-order valence-corrected chi connectivity index (χ1v) is 8.81. The zero-order valence-corrected chi connectivity index (χ0v) is 14.0. The normalized spacial score (nSPS) is 28.0. The van der Waals surface area contributed by atoms with Crippen molar-refractivity contribution in [1.82, 2.24) is 20.0 Å². The number of likely N-dealkylation sites (tertiary alicyclic amines) is 1. The number of nitrogens with zero attached hydrogens (tertiary/aromatic N) is 3. The fourth-order valence-electron chi connectivity index (χ4n) is 3.62. The Balaban J connectivity index is 1.47. The van der Waals surface area contributed by atoms with E-state index in [0.717, 1.165) is 45.6 Å². The quantitative estimate of drug-likeness (QED) is 0.731. The van der Waals surface area contributed by atoms with Crippen molar-refractivity contribution < 1.29 is 14.3 Å². The van der Waals surface area contributed by atoms with Crippen LogP contribution in [-0.4, -0.2) is 97.6 Å². The van der Waals surface area contributed by atoms with Crippen LogP contribution in [0.4, 0.5) is 0 Å². The van der Waals surface area contributed by atoms with Crippen LogP contribution in [-0.2, 0) is 14.3 Å². The Labute approximate surface area is 137 Å². The smallest absolute Gasteiger partial charge is 0.253 e. The van der Waals surface area contributed by atoms with Gasteiger partial charge < -0.3 is 19.9 Å². The lowest BCUT2D eigenvalue weighted by Gasteiger charge is -2.39. The standard InChI is InChI=1S/C16H28N4O3/c1-13(15(21)19-5-2-3-6-19)18-7-9-20(10-8-18)16(22)14-12-17-4-11-23-14/h13-14,17H,2-12H2,1H3. The fourth-order valence-corrected chi connectivity index (χ4v) is 3.62. The molecule has 2 amide bonds. The molecular formula is C16H28N4O3. The molecule has 0 aliphatic carbocycles. The number of hydrogen-bond donors (Lipinski definition) is 1. The van der Waals surface area contributed by atoms with Gasteiger partial charge in [0.2, 0.25) is 5.91 Å². The van der Waals surface area contributed by atoms with Crippen LogP contribution in [0.25, 0.3) is 0 Å². The molecule has 3 aliphatic heterocycles. The van der Waals surface area contributed by atoms with Gasteiger partial charge >= 0.3 is 0 Å². The summed E-state index contributed by atoms with van der Waals surface area (Å²) in [6.07, 6.45) is 1.89. The van der Waals surface area contributed by atoms with Crippen molar-refractivity contribution in [3.63, 3.8) is 0 Å². The summed E-state index contributed by atoms with van der Waals surface area (Å²) in [4.78, 5) is 31.0. The topological polar surface area (TPSA) is 65.1 Å². The molecule has 1 N–H and O–H groups in total. The van der Waals surface area contributed by atoms with Gasteiger partial charge in [-0.15, -0.1) is 0 Å². The Hall–Kier alpha value is -1.18. The summed E-state index contributed by atoms with van der Waals surface area (Å²) in [5.41, 5.74) is 0. The summed E-state index contributed by atoms with van der Waals surface area (Å²) in [6.45, 7) is 8.66. The van der Waals surface area contributed by atoms with Crippen LogP contribution in [0.3, 0.4) is 0 Å². The molecule has 23 heavy (non-hydrogen) atoms. The highest BCUT2D eigenvalue weighted by atomic mass is 16.5. The van der Waals surface area contributed by atoms with Crippen LogP contribution >= 0.6 is 0 Å². The molecule has 0 aromatic rings. The zero-order chi connectivity index (χ0) is 16.2. The molecule has 0 bridgehead atoms. The average Bonchev–Trinajstić information content (AvgIpc) is 3.15. The largest absolute Gasteiger partial charge is 0.366 e. The van der Waals surface area contributed by atoms with Crippen molar-refractivity contribution in [3.8, 4) is 0 Å². The van der Waals surface area contributed by atoms with Crippen LogP contribution < -0.4 is 5.32 Å². The molecule has 0 radical (unpaired) electrons. The molecule has 2 unspecified atom stereocenters. The van der Waals surface area contributed by atoms with Gasteiger partial charge in [0.05, 0.1) is 12.6 Å². The maximum atomic E-state index is 12.5. The first-order valence-electron chi connectivity index (χ1n) is 8.81. The van der Waals surface area contributed by atoms with Gasteiger partial charge in [-0.1, -0.05) is 0 Å². The summed E-state index contributed by atoms with van der Waals surface area (Å²) in [5.74, 6) is 0.317. The van der Waals surface area contributed by atoms with Crippen LogP contribution in [0.1, 0.15) is 19.8 Å². The molecule has 3 saturated heterocycles. The van der Waals surface area contributed by atoms with Crippen molar-refractivity contribution in [2.75, 3.05) is 59.0 Å². The molecule has 3 fully saturated rings. The highest BCUT2D eigenvalue weighted by molar-refractivity contribution is 5.82. The third-order valence-corrected chi connectivity index (χ3v) is 5.15. The van der Waals surface area contributed by atoms with Crippen molar-refractivity contribution in [1.29, 1.82) is 0 Å². The highest BCUT2D eigenvalue weighted by Crippen LogP contribution is 2.14. The lowest BCUT2D eigenvalue weighted by atomic mass is 10.2. The molecule has 3 rings (SSSR count). The number of piperazine rings is 1. The number of carbonyl (C=O) groups is 2.